The highest BCUT2D eigenvalue weighted by Gasteiger charge is 2.33. The number of nitrogens with one attached hydrogen (secondary N) is 3. The van der Waals surface area contributed by atoms with Gasteiger partial charge in [-0.2, -0.15) is 12.6 Å². The van der Waals surface area contributed by atoms with Gasteiger partial charge in [0.05, 0.1) is 6.04 Å². The van der Waals surface area contributed by atoms with Crippen LogP contribution in [0.4, 0.5) is 0 Å². The number of thiol groups is 1. The minimum atomic E-state index is -1.18. The number of carboxylic acids is 2. The quantitative estimate of drug-likeness (QED) is 0.157. The third-order valence-corrected chi connectivity index (χ3v) is 5.76. The molecule has 0 spiro atoms. The van der Waals surface area contributed by atoms with Gasteiger partial charge >= 0.3 is 11.9 Å². The van der Waals surface area contributed by atoms with Crippen LogP contribution in [0.3, 0.4) is 0 Å². The zero-order valence-corrected chi connectivity index (χ0v) is 19.9. The van der Waals surface area contributed by atoms with E-state index in [1.165, 1.54) is 0 Å². The number of hydrogen-bond donors (Lipinski definition) is 7. The van der Waals surface area contributed by atoms with E-state index in [0.29, 0.717) is 12.8 Å². The van der Waals surface area contributed by atoms with E-state index in [1.807, 2.05) is 6.92 Å². The molecule has 3 amide bonds. The van der Waals surface area contributed by atoms with E-state index in [1.54, 1.807) is 20.8 Å². The molecule has 0 aromatic carbocycles. The summed E-state index contributed by atoms with van der Waals surface area (Å²) in [7, 11) is 0. The molecule has 0 aliphatic heterocycles. The topological polar surface area (TPSA) is 188 Å². The van der Waals surface area contributed by atoms with Crippen molar-refractivity contribution in [1.29, 1.82) is 0 Å². The number of carbonyl (C=O) groups is 5. The molecule has 0 aliphatic carbocycles. The van der Waals surface area contributed by atoms with Gasteiger partial charge < -0.3 is 31.9 Å². The lowest BCUT2D eigenvalue weighted by Crippen LogP contribution is -2.59. The summed E-state index contributed by atoms with van der Waals surface area (Å²) in [6.45, 7) is 7.03. The molecule has 0 heterocycles. The predicted octanol–water partition coefficient (Wildman–Crippen LogP) is -0.260. The lowest BCUT2D eigenvalue weighted by Gasteiger charge is -2.28. The first-order chi connectivity index (χ1) is 14.9. The smallest absolute Gasteiger partial charge is 0.326 e. The fourth-order valence-corrected chi connectivity index (χ4v) is 3.02. The second-order valence-corrected chi connectivity index (χ2v) is 8.23. The van der Waals surface area contributed by atoms with E-state index in [4.69, 9.17) is 10.8 Å². The van der Waals surface area contributed by atoms with Crippen molar-refractivity contribution in [3.63, 3.8) is 0 Å². The highest BCUT2D eigenvalue weighted by Crippen LogP contribution is 2.11. The van der Waals surface area contributed by atoms with Crippen LogP contribution in [0.25, 0.3) is 0 Å². The summed E-state index contributed by atoms with van der Waals surface area (Å²) in [6, 6.07) is -4.38. The van der Waals surface area contributed by atoms with E-state index in [0.717, 1.165) is 0 Å². The second kappa shape index (κ2) is 14.7. The van der Waals surface area contributed by atoms with Gasteiger partial charge in [-0.15, -0.1) is 0 Å². The summed E-state index contributed by atoms with van der Waals surface area (Å²) >= 11 is 4.09. The number of carbonyl (C=O) groups excluding carboxylic acids is 3. The van der Waals surface area contributed by atoms with Gasteiger partial charge in [-0.3, -0.25) is 19.2 Å². The highest BCUT2D eigenvalue weighted by atomic mass is 32.1. The van der Waals surface area contributed by atoms with Gasteiger partial charge in [-0.1, -0.05) is 40.5 Å². The van der Waals surface area contributed by atoms with E-state index in [-0.39, 0.29) is 30.4 Å². The molecule has 11 nitrogen and oxygen atoms in total. The summed E-state index contributed by atoms with van der Waals surface area (Å²) < 4.78 is 0. The molecule has 7 N–H and O–H groups in total. The minimum Gasteiger partial charge on any atom is -0.481 e. The van der Waals surface area contributed by atoms with Crippen molar-refractivity contribution in [2.24, 2.45) is 17.6 Å². The normalized spacial score (nSPS) is 16.6. The number of hydrogen-bond acceptors (Lipinski definition) is 7. The second-order valence-electron chi connectivity index (χ2n) is 7.86. The molecule has 0 rings (SSSR count). The molecule has 6 unspecified atom stereocenters. The molecular weight excluding hydrogens is 440 g/mol. The summed E-state index contributed by atoms with van der Waals surface area (Å²) in [6.07, 6.45) is 0.663. The summed E-state index contributed by atoms with van der Waals surface area (Å²) in [5, 5.41) is 25.6. The Morgan fingerprint density at radius 3 is 1.78 bits per heavy atom. The average Bonchev–Trinajstić information content (AvgIpc) is 2.75. The molecule has 0 saturated carbocycles. The standard InChI is InChI=1S/C20H36N4O7S/c1-5-10(3)15(23-17(27)12(21)7-8-14(25)26)19(29)22-13(9-32)18(28)24-16(20(30)31)11(4)6-2/h10-13,15-16,32H,5-9,21H2,1-4H3,(H,22,29)(H,23,27)(H,24,28)(H,25,26)(H,30,31). The molecule has 184 valence electrons. The number of rotatable bonds is 15. The molecule has 0 radical (unpaired) electrons. The fourth-order valence-electron chi connectivity index (χ4n) is 2.76. The third-order valence-electron chi connectivity index (χ3n) is 5.39. The average molecular weight is 477 g/mol. The molecule has 0 bridgehead atoms. The van der Waals surface area contributed by atoms with Crippen LogP contribution in [-0.4, -0.2) is 69.8 Å². The van der Waals surface area contributed by atoms with E-state index < -0.39 is 53.8 Å². The zero-order valence-electron chi connectivity index (χ0n) is 19.0. The molecule has 0 fully saturated rings. The maximum Gasteiger partial charge on any atom is 0.326 e. The number of nitrogens with two attached hydrogens (primary N) is 1. The van der Waals surface area contributed by atoms with Crippen molar-refractivity contribution in [2.45, 2.75) is 77.5 Å². The Morgan fingerprint density at radius 2 is 1.34 bits per heavy atom. The Bertz CT molecular complexity index is 676. The van der Waals surface area contributed by atoms with Gasteiger partial charge in [-0.05, 0) is 18.3 Å². The Hall–Kier alpha value is -2.34. The van der Waals surface area contributed by atoms with E-state index in [9.17, 15) is 29.1 Å². The monoisotopic (exact) mass is 476 g/mol. The summed E-state index contributed by atoms with van der Waals surface area (Å²) in [5.41, 5.74) is 5.72. The third kappa shape index (κ3) is 9.86. The SMILES string of the molecule is CCC(C)C(NC(=O)C(CS)NC(=O)C(NC(=O)C(N)CCC(=O)O)C(C)CC)C(=O)O. The Kier molecular flexibility index (Phi) is 13.6. The molecule has 0 aromatic heterocycles. The number of aliphatic carboxylic acids is 2. The van der Waals surface area contributed by atoms with Crippen LogP contribution in [0, 0.1) is 11.8 Å². The predicted molar refractivity (Wildman–Crippen MR) is 121 cm³/mol. The van der Waals surface area contributed by atoms with Crippen LogP contribution in [0.15, 0.2) is 0 Å². The Morgan fingerprint density at radius 1 is 0.844 bits per heavy atom. The molecule has 0 aliphatic rings. The minimum absolute atomic E-state index is 0.0934. The lowest BCUT2D eigenvalue weighted by molar-refractivity contribution is -0.143. The Balaban J connectivity index is 5.31. The van der Waals surface area contributed by atoms with Crippen molar-refractivity contribution in [2.75, 3.05) is 5.75 Å². The summed E-state index contributed by atoms with van der Waals surface area (Å²) in [5.74, 6) is -5.05. The molecule has 6 atom stereocenters. The van der Waals surface area contributed by atoms with Crippen LogP contribution < -0.4 is 21.7 Å². The molecule has 0 saturated heterocycles. The van der Waals surface area contributed by atoms with Gasteiger partial charge in [0.1, 0.15) is 18.1 Å². The first-order valence-corrected chi connectivity index (χ1v) is 11.2. The molecule has 32 heavy (non-hydrogen) atoms. The van der Waals surface area contributed by atoms with Crippen molar-refractivity contribution in [3.8, 4) is 0 Å². The van der Waals surface area contributed by atoms with Crippen LogP contribution in [0.2, 0.25) is 0 Å². The van der Waals surface area contributed by atoms with Crippen LogP contribution in [0.1, 0.15) is 53.4 Å². The van der Waals surface area contributed by atoms with Gasteiger partial charge in [0.2, 0.25) is 17.7 Å². The fraction of sp³-hybridized carbons (Fsp3) is 0.750. The van der Waals surface area contributed by atoms with Crippen molar-refractivity contribution in [1.82, 2.24) is 16.0 Å². The first kappa shape index (κ1) is 29.7. The zero-order chi connectivity index (χ0) is 25.0. The van der Waals surface area contributed by atoms with Gasteiger partial charge in [0.15, 0.2) is 0 Å². The Labute approximate surface area is 193 Å². The van der Waals surface area contributed by atoms with E-state index >= 15 is 0 Å². The van der Waals surface area contributed by atoms with Crippen molar-refractivity contribution < 1.29 is 34.2 Å². The molecular formula is C20H36N4O7S. The van der Waals surface area contributed by atoms with Crippen LogP contribution >= 0.6 is 12.6 Å². The van der Waals surface area contributed by atoms with Gasteiger partial charge in [-0.25, -0.2) is 4.79 Å². The molecule has 0 aromatic rings. The maximum absolute atomic E-state index is 12.9. The molecule has 12 heteroatoms. The van der Waals surface area contributed by atoms with Crippen LogP contribution in [-0.2, 0) is 24.0 Å². The first-order valence-electron chi connectivity index (χ1n) is 10.6. The van der Waals surface area contributed by atoms with Crippen molar-refractivity contribution >= 4 is 42.3 Å². The number of carboxylic acid groups (broad SMARTS) is 2. The van der Waals surface area contributed by atoms with E-state index in [2.05, 4.69) is 28.6 Å². The number of amides is 3. The van der Waals surface area contributed by atoms with Crippen LogP contribution in [0.5, 0.6) is 0 Å². The van der Waals surface area contributed by atoms with Gasteiger partial charge in [0.25, 0.3) is 0 Å². The maximum atomic E-state index is 12.9. The lowest BCUT2D eigenvalue weighted by atomic mass is 9.97. The largest absolute Gasteiger partial charge is 0.481 e. The summed E-state index contributed by atoms with van der Waals surface area (Å²) in [4.78, 5) is 59.9. The van der Waals surface area contributed by atoms with Gasteiger partial charge in [0, 0.05) is 12.2 Å². The van der Waals surface area contributed by atoms with Crippen molar-refractivity contribution in [3.05, 3.63) is 0 Å². The highest BCUT2D eigenvalue weighted by molar-refractivity contribution is 7.80.